The van der Waals surface area contributed by atoms with Gasteiger partial charge >= 0.3 is 0 Å². The summed E-state index contributed by atoms with van der Waals surface area (Å²) in [5.41, 5.74) is -0.0779. The van der Waals surface area contributed by atoms with E-state index in [2.05, 4.69) is 0 Å². The minimum Gasteiger partial charge on any atom is -0.364 e. The van der Waals surface area contributed by atoms with Crippen molar-refractivity contribution < 1.29 is 14.6 Å². The lowest BCUT2D eigenvalue weighted by molar-refractivity contribution is -0.0449. The van der Waals surface area contributed by atoms with Gasteiger partial charge in [-0.15, -0.1) is 0 Å². The summed E-state index contributed by atoms with van der Waals surface area (Å²) in [4.78, 5) is 0. The van der Waals surface area contributed by atoms with Crippen LogP contribution in [0.4, 0.5) is 4.39 Å². The normalized spacial score (nSPS) is 9.92. The van der Waals surface area contributed by atoms with Gasteiger partial charge in [0, 0.05) is 5.56 Å². The van der Waals surface area contributed by atoms with Crippen LogP contribution in [0.3, 0.4) is 0 Å². The molecule has 0 aliphatic carbocycles. The Balaban J connectivity index is 3.14. The molecule has 0 bridgehead atoms. The van der Waals surface area contributed by atoms with Gasteiger partial charge in [-0.25, -0.2) is 4.39 Å². The molecule has 0 radical (unpaired) electrons. The molecule has 12 heavy (non-hydrogen) atoms. The van der Waals surface area contributed by atoms with Crippen LogP contribution in [0.15, 0.2) is 18.2 Å². The fourth-order valence-corrected chi connectivity index (χ4v) is 0.806. The van der Waals surface area contributed by atoms with Gasteiger partial charge in [-0.1, -0.05) is 0 Å². The highest BCUT2D eigenvalue weighted by Crippen LogP contribution is 2.15. The lowest BCUT2D eigenvalue weighted by Crippen LogP contribution is -1.98. The fraction of sp³-hybridized carbons (Fsp3) is 0.125. The summed E-state index contributed by atoms with van der Waals surface area (Å²) >= 11 is 0. The minimum atomic E-state index is -1.84. The van der Waals surface area contributed by atoms with Crippen LogP contribution in [-0.2, 0) is 0 Å². The molecule has 0 aliphatic rings. The Morgan fingerprint density at radius 1 is 1.42 bits per heavy atom. The van der Waals surface area contributed by atoms with E-state index in [1.54, 1.807) is 6.07 Å². The molecule has 0 heterocycles. The van der Waals surface area contributed by atoms with Crippen LogP contribution >= 0.6 is 0 Å². The van der Waals surface area contributed by atoms with Gasteiger partial charge in [-0.2, -0.15) is 5.26 Å². The Morgan fingerprint density at radius 2 is 2.08 bits per heavy atom. The van der Waals surface area contributed by atoms with Gasteiger partial charge in [0.1, 0.15) is 5.82 Å². The Bertz CT molecular complexity index is 330. The number of nitrogens with zero attached hydrogens (tertiary/aromatic N) is 1. The summed E-state index contributed by atoms with van der Waals surface area (Å²) in [6.07, 6.45) is -1.84. The largest absolute Gasteiger partial charge is 0.364 e. The van der Waals surface area contributed by atoms with Crippen LogP contribution in [0.25, 0.3) is 0 Å². The minimum absolute atomic E-state index is 0.150. The molecular formula is C8H6FNO2. The van der Waals surface area contributed by atoms with Crippen molar-refractivity contribution in [3.05, 3.63) is 35.1 Å². The van der Waals surface area contributed by atoms with E-state index in [9.17, 15) is 4.39 Å². The quantitative estimate of drug-likeness (QED) is 0.604. The molecule has 0 spiro atoms. The Labute approximate surface area is 68.3 Å². The second kappa shape index (κ2) is 3.30. The van der Waals surface area contributed by atoms with Gasteiger partial charge in [-0.05, 0) is 18.2 Å². The molecule has 0 unspecified atom stereocenters. The second-order valence-electron chi connectivity index (χ2n) is 2.22. The molecule has 0 aromatic heterocycles. The van der Waals surface area contributed by atoms with Gasteiger partial charge in [0.05, 0.1) is 11.6 Å². The number of hydrogen-bond acceptors (Lipinski definition) is 3. The van der Waals surface area contributed by atoms with Crippen LogP contribution in [0, 0.1) is 17.1 Å². The topological polar surface area (TPSA) is 64.2 Å². The predicted molar refractivity (Wildman–Crippen MR) is 38.3 cm³/mol. The van der Waals surface area contributed by atoms with Crippen molar-refractivity contribution in [3.63, 3.8) is 0 Å². The highest BCUT2D eigenvalue weighted by Gasteiger charge is 2.09. The lowest BCUT2D eigenvalue weighted by atomic mass is 10.1. The highest BCUT2D eigenvalue weighted by atomic mass is 19.1. The van der Waals surface area contributed by atoms with E-state index >= 15 is 0 Å². The molecular weight excluding hydrogens is 161 g/mol. The molecule has 0 saturated carbocycles. The summed E-state index contributed by atoms with van der Waals surface area (Å²) in [5, 5.41) is 25.6. The van der Waals surface area contributed by atoms with Crippen LogP contribution < -0.4 is 0 Å². The number of benzene rings is 1. The summed E-state index contributed by atoms with van der Waals surface area (Å²) < 4.78 is 12.8. The summed E-state index contributed by atoms with van der Waals surface area (Å²) in [6, 6.07) is 5.17. The smallest absolute Gasteiger partial charge is 0.181 e. The van der Waals surface area contributed by atoms with Crippen molar-refractivity contribution in [2.24, 2.45) is 0 Å². The number of rotatable bonds is 1. The third kappa shape index (κ3) is 1.59. The van der Waals surface area contributed by atoms with Gasteiger partial charge in [0.15, 0.2) is 6.29 Å². The first kappa shape index (κ1) is 8.65. The molecule has 2 N–H and O–H groups in total. The van der Waals surface area contributed by atoms with Crippen molar-refractivity contribution in [1.29, 1.82) is 5.26 Å². The zero-order valence-corrected chi connectivity index (χ0v) is 6.03. The molecule has 0 fully saturated rings. The molecule has 0 aliphatic heterocycles. The zero-order valence-electron chi connectivity index (χ0n) is 6.03. The van der Waals surface area contributed by atoms with Crippen molar-refractivity contribution in [1.82, 2.24) is 0 Å². The predicted octanol–water partition coefficient (Wildman–Crippen LogP) is 0.681. The molecule has 3 nitrogen and oxygen atoms in total. The standard InChI is InChI=1S/C8H6FNO2/c9-7-3-5(4-10)1-2-6(7)8(11)12/h1-3,8,11-12H. The Kier molecular flexibility index (Phi) is 2.38. The molecule has 1 rings (SSSR count). The molecule has 0 amide bonds. The fourth-order valence-electron chi connectivity index (χ4n) is 0.806. The first-order chi connectivity index (χ1) is 5.65. The molecule has 0 saturated heterocycles. The number of halogens is 1. The lowest BCUT2D eigenvalue weighted by Gasteiger charge is -2.04. The molecule has 1 aromatic rings. The zero-order chi connectivity index (χ0) is 9.14. The van der Waals surface area contributed by atoms with Gasteiger partial charge < -0.3 is 10.2 Å². The maximum absolute atomic E-state index is 12.8. The molecule has 0 atom stereocenters. The van der Waals surface area contributed by atoms with Crippen molar-refractivity contribution in [3.8, 4) is 6.07 Å². The van der Waals surface area contributed by atoms with E-state index in [1.165, 1.54) is 12.1 Å². The number of aliphatic hydroxyl groups excluding tert-OH is 1. The average molecular weight is 167 g/mol. The van der Waals surface area contributed by atoms with Gasteiger partial charge in [0.25, 0.3) is 0 Å². The van der Waals surface area contributed by atoms with E-state index in [0.717, 1.165) is 6.07 Å². The molecule has 4 heteroatoms. The summed E-state index contributed by atoms with van der Waals surface area (Å²) in [7, 11) is 0. The molecule has 62 valence electrons. The van der Waals surface area contributed by atoms with Gasteiger partial charge in [0.2, 0.25) is 0 Å². The van der Waals surface area contributed by atoms with E-state index in [0.29, 0.717) is 0 Å². The van der Waals surface area contributed by atoms with E-state index < -0.39 is 12.1 Å². The van der Waals surface area contributed by atoms with Crippen molar-refractivity contribution in [2.75, 3.05) is 0 Å². The monoisotopic (exact) mass is 167 g/mol. The first-order valence-electron chi connectivity index (χ1n) is 3.21. The van der Waals surface area contributed by atoms with Crippen molar-refractivity contribution in [2.45, 2.75) is 6.29 Å². The second-order valence-corrected chi connectivity index (χ2v) is 2.22. The van der Waals surface area contributed by atoms with Crippen LogP contribution in [0.5, 0.6) is 0 Å². The van der Waals surface area contributed by atoms with E-state index in [-0.39, 0.29) is 11.1 Å². The van der Waals surface area contributed by atoms with Crippen LogP contribution in [0.1, 0.15) is 17.4 Å². The third-order valence-electron chi connectivity index (χ3n) is 1.41. The van der Waals surface area contributed by atoms with Gasteiger partial charge in [-0.3, -0.25) is 0 Å². The summed E-state index contributed by atoms with van der Waals surface area (Å²) in [5.74, 6) is -0.788. The van der Waals surface area contributed by atoms with E-state index in [4.69, 9.17) is 15.5 Å². The van der Waals surface area contributed by atoms with Crippen LogP contribution in [-0.4, -0.2) is 10.2 Å². The van der Waals surface area contributed by atoms with Crippen LogP contribution in [0.2, 0.25) is 0 Å². The average Bonchev–Trinajstić information content (AvgIpc) is 2.03. The maximum atomic E-state index is 12.8. The maximum Gasteiger partial charge on any atom is 0.181 e. The third-order valence-corrected chi connectivity index (χ3v) is 1.41. The first-order valence-corrected chi connectivity index (χ1v) is 3.21. The number of hydrogen-bond donors (Lipinski definition) is 2. The Morgan fingerprint density at radius 3 is 2.50 bits per heavy atom. The number of nitriles is 1. The molecule has 1 aromatic carbocycles. The summed E-state index contributed by atoms with van der Waals surface area (Å²) in [6.45, 7) is 0. The number of aliphatic hydroxyl groups is 2. The SMILES string of the molecule is N#Cc1ccc(C(O)O)c(F)c1. The van der Waals surface area contributed by atoms with E-state index in [1.807, 2.05) is 0 Å². The highest BCUT2D eigenvalue weighted by molar-refractivity contribution is 5.33. The van der Waals surface area contributed by atoms with Crippen molar-refractivity contribution >= 4 is 0 Å². The Hall–Kier alpha value is -1.44.